The van der Waals surface area contributed by atoms with Gasteiger partial charge in [-0.15, -0.1) is 29.7 Å². The Labute approximate surface area is 121 Å². The largest absolute Gasteiger partial charge is 0.349 e. The van der Waals surface area contributed by atoms with Crippen LogP contribution in [0.1, 0.15) is 15.2 Å². The van der Waals surface area contributed by atoms with Crippen LogP contribution in [-0.4, -0.2) is 12.5 Å². The van der Waals surface area contributed by atoms with Crippen LogP contribution in [-0.2, 0) is 5.75 Å². The molecule has 0 saturated carbocycles. The van der Waals surface area contributed by atoms with E-state index in [1.807, 2.05) is 30.3 Å². The number of thiophene rings is 1. The van der Waals surface area contributed by atoms with Crippen LogP contribution in [0.4, 0.5) is 0 Å². The summed E-state index contributed by atoms with van der Waals surface area (Å²) < 4.78 is 0. The number of thioether (sulfide) groups is 1. The van der Waals surface area contributed by atoms with Crippen molar-refractivity contribution in [1.29, 1.82) is 0 Å². The van der Waals surface area contributed by atoms with Crippen LogP contribution in [0.15, 0.2) is 59.3 Å². The molecule has 0 spiro atoms. The van der Waals surface area contributed by atoms with E-state index in [1.165, 1.54) is 4.88 Å². The fourth-order valence-corrected chi connectivity index (χ4v) is 3.41. The van der Waals surface area contributed by atoms with Crippen LogP contribution in [0.2, 0.25) is 0 Å². The maximum absolute atomic E-state index is 12.0. The van der Waals surface area contributed by atoms with Crippen molar-refractivity contribution in [3.63, 3.8) is 0 Å². The summed E-state index contributed by atoms with van der Waals surface area (Å²) in [4.78, 5) is 14.3. The molecule has 0 aliphatic carbocycles. The molecule has 0 bridgehead atoms. The van der Waals surface area contributed by atoms with Gasteiger partial charge in [0.05, 0.1) is 5.56 Å². The lowest BCUT2D eigenvalue weighted by Crippen LogP contribution is -2.23. The number of carbonyl (C=O) groups is 1. The molecule has 0 aliphatic rings. The third kappa shape index (κ3) is 3.98. The first-order valence-corrected chi connectivity index (χ1v) is 7.81. The molecule has 0 atom stereocenters. The lowest BCUT2D eigenvalue weighted by molar-refractivity contribution is 0.0955. The van der Waals surface area contributed by atoms with Gasteiger partial charge in [-0.1, -0.05) is 24.3 Å². The van der Waals surface area contributed by atoms with Crippen molar-refractivity contribution in [3.05, 3.63) is 64.9 Å². The molecule has 4 heteroatoms. The van der Waals surface area contributed by atoms with Crippen LogP contribution < -0.4 is 5.32 Å². The topological polar surface area (TPSA) is 29.1 Å². The molecule has 1 aromatic carbocycles. The Kier molecular flexibility index (Phi) is 5.24. The first kappa shape index (κ1) is 13.9. The second kappa shape index (κ2) is 7.16. The second-order valence-corrected chi connectivity index (χ2v) is 5.91. The van der Waals surface area contributed by atoms with E-state index in [4.69, 9.17) is 0 Å². The quantitative estimate of drug-likeness (QED) is 0.644. The maximum Gasteiger partial charge on any atom is 0.252 e. The Morgan fingerprint density at radius 3 is 2.89 bits per heavy atom. The smallest absolute Gasteiger partial charge is 0.252 e. The van der Waals surface area contributed by atoms with Crippen LogP contribution >= 0.6 is 23.1 Å². The van der Waals surface area contributed by atoms with Crippen LogP contribution in [0.25, 0.3) is 0 Å². The molecule has 1 aromatic heterocycles. The van der Waals surface area contributed by atoms with E-state index in [0.29, 0.717) is 6.54 Å². The molecule has 0 saturated heterocycles. The molecule has 1 heterocycles. The van der Waals surface area contributed by atoms with Gasteiger partial charge in [-0.2, -0.15) is 0 Å². The first-order valence-electron chi connectivity index (χ1n) is 5.94. The van der Waals surface area contributed by atoms with Crippen LogP contribution in [0.3, 0.4) is 0 Å². The van der Waals surface area contributed by atoms with Gasteiger partial charge in [-0.05, 0) is 23.6 Å². The predicted octanol–water partition coefficient (Wildman–Crippen LogP) is 3.96. The molecule has 0 aliphatic heterocycles. The summed E-state index contributed by atoms with van der Waals surface area (Å²) in [7, 11) is 0. The molecular weight excluding hydrogens is 274 g/mol. The van der Waals surface area contributed by atoms with Crippen molar-refractivity contribution in [1.82, 2.24) is 5.32 Å². The van der Waals surface area contributed by atoms with Crippen molar-refractivity contribution >= 4 is 29.0 Å². The van der Waals surface area contributed by atoms with E-state index < -0.39 is 0 Å². The minimum atomic E-state index is -0.0471. The molecule has 2 aromatic rings. The zero-order valence-corrected chi connectivity index (χ0v) is 12.1. The Hall–Kier alpha value is -1.52. The highest BCUT2D eigenvalue weighted by Crippen LogP contribution is 2.27. The normalized spacial score (nSPS) is 10.1. The van der Waals surface area contributed by atoms with E-state index in [1.54, 1.807) is 29.2 Å². The number of benzene rings is 1. The number of rotatable bonds is 6. The van der Waals surface area contributed by atoms with E-state index in [0.717, 1.165) is 16.2 Å². The molecule has 98 valence electrons. The number of carbonyl (C=O) groups excluding carboxylic acids is 1. The average molecular weight is 289 g/mol. The van der Waals surface area contributed by atoms with Gasteiger partial charge in [-0.3, -0.25) is 4.79 Å². The minimum absolute atomic E-state index is 0.0471. The van der Waals surface area contributed by atoms with Gasteiger partial charge in [0.1, 0.15) is 0 Å². The number of hydrogen-bond donors (Lipinski definition) is 1. The van der Waals surface area contributed by atoms with Gasteiger partial charge in [0.25, 0.3) is 5.91 Å². The summed E-state index contributed by atoms with van der Waals surface area (Å²) >= 11 is 3.43. The molecule has 0 radical (unpaired) electrons. The highest BCUT2D eigenvalue weighted by Gasteiger charge is 2.10. The Morgan fingerprint density at radius 2 is 2.16 bits per heavy atom. The number of hydrogen-bond acceptors (Lipinski definition) is 3. The van der Waals surface area contributed by atoms with Gasteiger partial charge in [-0.25, -0.2) is 0 Å². The summed E-state index contributed by atoms with van der Waals surface area (Å²) in [5.74, 6) is 0.845. The lowest BCUT2D eigenvalue weighted by atomic mass is 10.2. The molecule has 2 rings (SSSR count). The summed E-state index contributed by atoms with van der Waals surface area (Å²) in [5.41, 5.74) is 0.728. The first-order chi connectivity index (χ1) is 9.31. The highest BCUT2D eigenvalue weighted by molar-refractivity contribution is 7.98. The van der Waals surface area contributed by atoms with Crippen molar-refractivity contribution in [2.24, 2.45) is 0 Å². The molecule has 1 amide bonds. The van der Waals surface area contributed by atoms with E-state index in [9.17, 15) is 4.79 Å². The third-order valence-electron chi connectivity index (χ3n) is 2.49. The van der Waals surface area contributed by atoms with Gasteiger partial charge in [0.2, 0.25) is 0 Å². The lowest BCUT2D eigenvalue weighted by Gasteiger charge is -2.08. The second-order valence-electron chi connectivity index (χ2n) is 3.86. The zero-order valence-electron chi connectivity index (χ0n) is 10.5. The van der Waals surface area contributed by atoms with Crippen LogP contribution in [0, 0.1) is 0 Å². The van der Waals surface area contributed by atoms with Crippen molar-refractivity contribution in [2.75, 3.05) is 6.54 Å². The van der Waals surface area contributed by atoms with Crippen molar-refractivity contribution in [2.45, 2.75) is 10.6 Å². The molecule has 1 N–H and O–H groups in total. The van der Waals surface area contributed by atoms with Crippen molar-refractivity contribution < 1.29 is 4.79 Å². The molecule has 0 unspecified atom stereocenters. The highest BCUT2D eigenvalue weighted by atomic mass is 32.2. The van der Waals surface area contributed by atoms with Crippen LogP contribution in [0.5, 0.6) is 0 Å². The SMILES string of the molecule is C=CCNC(=O)c1ccccc1SCc1cccs1. The summed E-state index contributed by atoms with van der Waals surface area (Å²) in [5, 5.41) is 4.88. The summed E-state index contributed by atoms with van der Waals surface area (Å²) in [6, 6.07) is 11.8. The average Bonchev–Trinajstić information content (AvgIpc) is 2.96. The zero-order chi connectivity index (χ0) is 13.5. The summed E-state index contributed by atoms with van der Waals surface area (Å²) in [6.45, 7) is 4.09. The van der Waals surface area contributed by atoms with Crippen molar-refractivity contribution in [3.8, 4) is 0 Å². The van der Waals surface area contributed by atoms with Gasteiger partial charge < -0.3 is 5.32 Å². The number of nitrogens with one attached hydrogen (secondary N) is 1. The van der Waals surface area contributed by atoms with E-state index in [-0.39, 0.29) is 5.91 Å². The van der Waals surface area contributed by atoms with Gasteiger partial charge >= 0.3 is 0 Å². The van der Waals surface area contributed by atoms with Gasteiger partial charge in [0, 0.05) is 22.1 Å². The predicted molar refractivity (Wildman–Crippen MR) is 82.9 cm³/mol. The van der Waals surface area contributed by atoms with E-state index >= 15 is 0 Å². The Balaban J connectivity index is 2.07. The van der Waals surface area contributed by atoms with E-state index in [2.05, 4.69) is 23.3 Å². The Morgan fingerprint density at radius 1 is 1.32 bits per heavy atom. The standard InChI is InChI=1S/C15H15NOS2/c1-2-9-16-15(17)13-7-3-4-8-14(13)19-11-12-6-5-10-18-12/h2-8,10H,1,9,11H2,(H,16,17). The Bertz CT molecular complexity index is 549. The third-order valence-corrected chi connectivity index (χ3v) is 4.67. The monoisotopic (exact) mass is 289 g/mol. The molecular formula is C15H15NOS2. The fourth-order valence-electron chi connectivity index (χ4n) is 1.58. The fraction of sp³-hybridized carbons (Fsp3) is 0.133. The minimum Gasteiger partial charge on any atom is -0.349 e. The molecule has 2 nitrogen and oxygen atoms in total. The molecule has 19 heavy (non-hydrogen) atoms. The molecule has 0 fully saturated rings. The van der Waals surface area contributed by atoms with Gasteiger partial charge in [0.15, 0.2) is 0 Å². The maximum atomic E-state index is 12.0. The summed E-state index contributed by atoms with van der Waals surface area (Å²) in [6.07, 6.45) is 1.68. The number of amides is 1.